The van der Waals surface area contributed by atoms with E-state index in [1.807, 2.05) is 78.9 Å². The van der Waals surface area contributed by atoms with Crippen molar-refractivity contribution in [2.24, 2.45) is 5.11 Å². The molecule has 0 unspecified atom stereocenters. The van der Waals surface area contributed by atoms with E-state index in [0.29, 0.717) is 0 Å². The Morgan fingerprint density at radius 3 is 2.22 bits per heavy atom. The fraction of sp³-hybridized carbons (Fsp3) is 0.412. The Morgan fingerprint density at radius 2 is 1.57 bits per heavy atom. The highest BCUT2D eigenvalue weighted by atomic mass is 16.8. The first-order valence-electron chi connectivity index (χ1n) is 15.3. The van der Waals surface area contributed by atoms with Crippen LogP contribution < -0.4 is 5.32 Å². The fourth-order valence-electron chi connectivity index (χ4n) is 6.56. The lowest BCUT2D eigenvalue weighted by Crippen LogP contribution is -2.58. The first-order valence-corrected chi connectivity index (χ1v) is 15.3. The molecule has 6 atom stereocenters. The number of hydrogen-bond donors (Lipinski definition) is 2. The average Bonchev–Trinajstić information content (AvgIpc) is 3.57. The molecule has 0 aromatic heterocycles. The number of aliphatic hydroxyl groups is 1. The number of aliphatic hydroxyl groups excluding tert-OH is 1. The first-order chi connectivity index (χ1) is 22.3. The van der Waals surface area contributed by atoms with Crippen LogP contribution >= 0.6 is 0 Å². The van der Waals surface area contributed by atoms with Crippen molar-refractivity contribution in [3.63, 3.8) is 0 Å². The number of esters is 1. The van der Waals surface area contributed by atoms with Gasteiger partial charge in [0.25, 0.3) is 0 Å². The SMILES string of the molecule is CC1(C)O[C@@H]2[C@@H](N=[N+]=[N-])[C@@H](C[C@H](NC(=O)OCC3c4ccccc4-c4ccccc43)C(=O)OCc3ccccc3)O[C@H](CO)[C@@H]2O1. The number of benzene rings is 3. The Morgan fingerprint density at radius 1 is 0.935 bits per heavy atom. The highest BCUT2D eigenvalue weighted by Gasteiger charge is 2.55. The predicted octanol–water partition coefficient (Wildman–Crippen LogP) is 4.99. The van der Waals surface area contributed by atoms with Gasteiger partial charge in [-0.3, -0.25) is 0 Å². The molecule has 1 aliphatic carbocycles. The molecule has 0 saturated carbocycles. The summed E-state index contributed by atoms with van der Waals surface area (Å²) in [7, 11) is 0. The summed E-state index contributed by atoms with van der Waals surface area (Å²) in [6.45, 7) is 3.05. The van der Waals surface area contributed by atoms with Crippen LogP contribution in [0, 0.1) is 0 Å². The zero-order chi connectivity index (χ0) is 32.3. The quantitative estimate of drug-likeness (QED) is 0.137. The summed E-state index contributed by atoms with van der Waals surface area (Å²) in [4.78, 5) is 29.8. The van der Waals surface area contributed by atoms with Gasteiger partial charge in [-0.05, 0) is 47.2 Å². The summed E-state index contributed by atoms with van der Waals surface area (Å²) in [5, 5.41) is 16.7. The van der Waals surface area contributed by atoms with Gasteiger partial charge in [0.15, 0.2) is 5.79 Å². The lowest BCUT2D eigenvalue weighted by molar-refractivity contribution is -0.171. The number of rotatable bonds is 10. The summed E-state index contributed by atoms with van der Waals surface area (Å²) < 4.78 is 29.5. The fourth-order valence-corrected chi connectivity index (χ4v) is 6.56. The number of amides is 1. The second kappa shape index (κ2) is 13.5. The molecule has 2 heterocycles. The third-order valence-corrected chi connectivity index (χ3v) is 8.57. The number of azide groups is 1. The van der Waals surface area contributed by atoms with Gasteiger partial charge in [-0.2, -0.15) is 0 Å². The third kappa shape index (κ3) is 6.57. The zero-order valence-corrected chi connectivity index (χ0v) is 25.5. The Hall–Kier alpha value is -4.45. The molecule has 2 N–H and O–H groups in total. The zero-order valence-electron chi connectivity index (χ0n) is 25.5. The number of carbonyl (C=O) groups is 2. The Labute approximate surface area is 266 Å². The minimum absolute atomic E-state index is 0.0249. The van der Waals surface area contributed by atoms with E-state index >= 15 is 0 Å². The molecule has 3 aliphatic rings. The molecule has 2 fully saturated rings. The Kier molecular flexibility index (Phi) is 9.25. The first kappa shape index (κ1) is 31.5. The Bertz CT molecular complexity index is 1570. The molecule has 0 spiro atoms. The van der Waals surface area contributed by atoms with Gasteiger partial charge in [-0.1, -0.05) is 84.0 Å². The summed E-state index contributed by atoms with van der Waals surface area (Å²) in [6, 6.07) is 22.9. The maximum absolute atomic E-state index is 13.5. The minimum Gasteiger partial charge on any atom is -0.459 e. The number of alkyl carbamates (subject to hydrolysis) is 1. The van der Waals surface area contributed by atoms with Gasteiger partial charge in [0.05, 0.1) is 18.8 Å². The van der Waals surface area contributed by atoms with Crippen molar-refractivity contribution in [1.82, 2.24) is 5.32 Å². The van der Waals surface area contributed by atoms with E-state index in [1.165, 1.54) is 0 Å². The molecule has 46 heavy (non-hydrogen) atoms. The minimum atomic E-state index is -1.24. The number of fused-ring (bicyclic) bond motifs is 4. The molecule has 6 rings (SSSR count). The maximum Gasteiger partial charge on any atom is 0.407 e. The molecule has 1 amide bonds. The smallest absolute Gasteiger partial charge is 0.407 e. The highest BCUT2D eigenvalue weighted by molar-refractivity contribution is 5.82. The van der Waals surface area contributed by atoms with Crippen LogP contribution in [0.5, 0.6) is 0 Å². The number of nitrogens with one attached hydrogen (secondary N) is 1. The van der Waals surface area contributed by atoms with Crippen molar-refractivity contribution in [3.8, 4) is 11.1 Å². The average molecular weight is 629 g/mol. The van der Waals surface area contributed by atoms with Crippen LogP contribution in [-0.2, 0) is 35.1 Å². The van der Waals surface area contributed by atoms with Crippen LogP contribution in [0.2, 0.25) is 0 Å². The molecule has 12 nitrogen and oxygen atoms in total. The number of ether oxygens (including phenoxy) is 5. The van der Waals surface area contributed by atoms with Gasteiger partial charge in [0, 0.05) is 17.3 Å². The molecule has 12 heteroatoms. The number of carbonyl (C=O) groups excluding carboxylic acids is 2. The van der Waals surface area contributed by atoms with Gasteiger partial charge >= 0.3 is 12.1 Å². The molecular formula is C34H36N4O8. The van der Waals surface area contributed by atoms with E-state index in [2.05, 4.69) is 15.3 Å². The normalized spacial score (nSPS) is 24.9. The van der Waals surface area contributed by atoms with Crippen molar-refractivity contribution >= 4 is 12.1 Å². The number of nitrogens with zero attached hydrogens (tertiary/aromatic N) is 3. The Balaban J connectivity index is 1.20. The molecule has 0 bridgehead atoms. The van der Waals surface area contributed by atoms with Crippen LogP contribution in [0.3, 0.4) is 0 Å². The van der Waals surface area contributed by atoms with Gasteiger partial charge in [0.1, 0.15) is 37.6 Å². The van der Waals surface area contributed by atoms with Crippen molar-refractivity contribution in [2.45, 2.75) is 75.1 Å². The van der Waals surface area contributed by atoms with E-state index in [4.69, 9.17) is 23.7 Å². The van der Waals surface area contributed by atoms with Gasteiger partial charge in [-0.15, -0.1) is 0 Å². The van der Waals surface area contributed by atoms with Crippen molar-refractivity contribution in [2.75, 3.05) is 13.2 Å². The monoisotopic (exact) mass is 628 g/mol. The van der Waals surface area contributed by atoms with E-state index in [9.17, 15) is 20.2 Å². The van der Waals surface area contributed by atoms with Crippen LogP contribution in [0.25, 0.3) is 21.6 Å². The summed E-state index contributed by atoms with van der Waals surface area (Å²) >= 11 is 0. The van der Waals surface area contributed by atoms with Gasteiger partial charge in [-0.25, -0.2) is 9.59 Å². The van der Waals surface area contributed by atoms with Crippen molar-refractivity contribution < 1.29 is 38.4 Å². The van der Waals surface area contributed by atoms with E-state index in [0.717, 1.165) is 27.8 Å². The summed E-state index contributed by atoms with van der Waals surface area (Å²) in [5.41, 5.74) is 14.4. The second-order valence-electron chi connectivity index (χ2n) is 12.0. The van der Waals surface area contributed by atoms with Crippen LogP contribution in [0.4, 0.5) is 4.79 Å². The van der Waals surface area contributed by atoms with Crippen molar-refractivity contribution in [3.05, 3.63) is 106 Å². The molecule has 3 aromatic carbocycles. The lowest BCUT2D eigenvalue weighted by atomic mass is 9.90. The van der Waals surface area contributed by atoms with Crippen LogP contribution in [0.1, 0.15) is 42.9 Å². The van der Waals surface area contributed by atoms with E-state index in [1.54, 1.807) is 13.8 Å². The topological polar surface area (TPSA) is 161 Å². The molecule has 2 aliphatic heterocycles. The van der Waals surface area contributed by atoms with Crippen LogP contribution in [0.15, 0.2) is 84.0 Å². The maximum atomic E-state index is 13.5. The summed E-state index contributed by atoms with van der Waals surface area (Å²) in [6.07, 6.45) is -4.18. The van der Waals surface area contributed by atoms with Gasteiger partial charge in [0.2, 0.25) is 0 Å². The molecular weight excluding hydrogens is 592 g/mol. The third-order valence-electron chi connectivity index (χ3n) is 8.57. The second-order valence-corrected chi connectivity index (χ2v) is 12.0. The predicted molar refractivity (Wildman–Crippen MR) is 165 cm³/mol. The van der Waals surface area contributed by atoms with Crippen LogP contribution in [-0.4, -0.2) is 72.7 Å². The highest BCUT2D eigenvalue weighted by Crippen LogP contribution is 2.44. The number of hydrogen-bond acceptors (Lipinski definition) is 9. The van der Waals surface area contributed by atoms with E-state index in [-0.39, 0.29) is 25.6 Å². The summed E-state index contributed by atoms with van der Waals surface area (Å²) in [5.74, 6) is -1.92. The standard InChI is InChI=1S/C34H36N4O8/c1-34(2)45-30-28(17-39)44-27(29(37-38-35)31(30)46-34)16-26(32(40)42-18-20-10-4-3-5-11-20)36-33(41)43-19-25-23-14-8-6-12-21(23)22-13-7-9-15-24(22)25/h3-15,25-31,39H,16-19H2,1-2H3,(H,36,41)/t26-,27+,28+,29-,30-,31+/m0/s1. The molecule has 0 radical (unpaired) electrons. The lowest BCUT2D eigenvalue weighted by Gasteiger charge is -2.41. The molecule has 2 saturated heterocycles. The van der Waals surface area contributed by atoms with Crippen molar-refractivity contribution in [1.29, 1.82) is 0 Å². The molecule has 240 valence electrons. The molecule has 3 aromatic rings. The largest absolute Gasteiger partial charge is 0.459 e. The van der Waals surface area contributed by atoms with E-state index < -0.39 is 61.0 Å². The van der Waals surface area contributed by atoms with Gasteiger partial charge < -0.3 is 34.1 Å².